The van der Waals surface area contributed by atoms with Crippen molar-refractivity contribution in [3.05, 3.63) is 53.1 Å². The Bertz CT molecular complexity index is 603. The zero-order chi connectivity index (χ0) is 15.2. The summed E-state index contributed by atoms with van der Waals surface area (Å²) in [6.45, 7) is 5.10. The predicted molar refractivity (Wildman–Crippen MR) is 91.8 cm³/mol. The molecule has 21 heavy (non-hydrogen) atoms. The molecule has 112 valence electrons. The maximum Gasteiger partial charge on any atom is 0.140 e. The fourth-order valence-electron chi connectivity index (χ4n) is 2.17. The van der Waals surface area contributed by atoms with Crippen LogP contribution < -0.4 is 10.1 Å². The summed E-state index contributed by atoms with van der Waals surface area (Å²) in [7, 11) is 0. The second-order valence-corrected chi connectivity index (χ2v) is 5.97. The van der Waals surface area contributed by atoms with Gasteiger partial charge in [0.15, 0.2) is 0 Å². The molecule has 0 aliphatic rings. The lowest BCUT2D eigenvalue weighted by molar-refractivity contribution is 0.470. The van der Waals surface area contributed by atoms with Gasteiger partial charge in [-0.05, 0) is 49.6 Å². The Morgan fingerprint density at radius 3 is 2.67 bits per heavy atom. The average molecular weight is 322 g/mol. The van der Waals surface area contributed by atoms with Gasteiger partial charge < -0.3 is 10.1 Å². The Morgan fingerprint density at radius 1 is 1.24 bits per heavy atom. The van der Waals surface area contributed by atoms with Gasteiger partial charge in [0.1, 0.15) is 11.5 Å². The van der Waals surface area contributed by atoms with E-state index in [9.17, 15) is 0 Å². The molecule has 0 amide bonds. The standard InChI is InChI=1S/C17H20ClNOS/c1-4-19-12(2)14-10-9-13(11-15(14)18)20-16-7-5-6-8-17(16)21-3/h5-12,19H,4H2,1-3H3. The SMILES string of the molecule is CCNC(C)c1ccc(Oc2ccccc2SC)cc1Cl. The van der Waals surface area contributed by atoms with Crippen LogP contribution in [0.4, 0.5) is 0 Å². The van der Waals surface area contributed by atoms with Crippen molar-refractivity contribution in [1.29, 1.82) is 0 Å². The minimum absolute atomic E-state index is 0.232. The van der Waals surface area contributed by atoms with E-state index in [1.165, 1.54) is 0 Å². The molecule has 4 heteroatoms. The molecule has 1 atom stereocenters. The lowest BCUT2D eigenvalue weighted by atomic mass is 10.1. The minimum atomic E-state index is 0.232. The largest absolute Gasteiger partial charge is 0.456 e. The highest BCUT2D eigenvalue weighted by atomic mass is 35.5. The Balaban J connectivity index is 2.20. The van der Waals surface area contributed by atoms with E-state index in [-0.39, 0.29) is 6.04 Å². The van der Waals surface area contributed by atoms with Crippen molar-refractivity contribution in [1.82, 2.24) is 5.32 Å². The summed E-state index contributed by atoms with van der Waals surface area (Å²) < 4.78 is 5.95. The van der Waals surface area contributed by atoms with E-state index in [2.05, 4.69) is 19.2 Å². The normalized spacial score (nSPS) is 12.2. The first-order chi connectivity index (χ1) is 10.2. The Labute approximate surface area is 135 Å². The number of halogens is 1. The van der Waals surface area contributed by atoms with E-state index in [0.717, 1.165) is 33.5 Å². The van der Waals surface area contributed by atoms with Crippen LogP contribution in [-0.2, 0) is 0 Å². The van der Waals surface area contributed by atoms with Crippen molar-refractivity contribution >= 4 is 23.4 Å². The van der Waals surface area contributed by atoms with Gasteiger partial charge in [0, 0.05) is 16.0 Å². The lowest BCUT2D eigenvalue weighted by Crippen LogP contribution is -2.17. The molecule has 2 rings (SSSR count). The zero-order valence-corrected chi connectivity index (χ0v) is 14.1. The van der Waals surface area contributed by atoms with Gasteiger partial charge in [0.05, 0.1) is 0 Å². The summed E-state index contributed by atoms with van der Waals surface area (Å²) in [6, 6.07) is 14.1. The van der Waals surface area contributed by atoms with Crippen molar-refractivity contribution in [2.24, 2.45) is 0 Å². The van der Waals surface area contributed by atoms with Crippen LogP contribution in [0.5, 0.6) is 11.5 Å². The molecular weight excluding hydrogens is 302 g/mol. The molecule has 0 heterocycles. The van der Waals surface area contributed by atoms with Crippen molar-refractivity contribution in [3.63, 3.8) is 0 Å². The fourth-order valence-corrected chi connectivity index (χ4v) is 3.03. The second kappa shape index (κ2) is 7.74. The third kappa shape index (κ3) is 4.16. The second-order valence-electron chi connectivity index (χ2n) is 4.72. The predicted octanol–water partition coefficient (Wildman–Crippen LogP) is 5.52. The first kappa shape index (κ1) is 16.2. The van der Waals surface area contributed by atoms with Gasteiger partial charge in [0.2, 0.25) is 0 Å². The summed E-state index contributed by atoms with van der Waals surface area (Å²) >= 11 is 8.04. The number of rotatable bonds is 6. The van der Waals surface area contributed by atoms with E-state index in [4.69, 9.17) is 16.3 Å². The average Bonchev–Trinajstić information content (AvgIpc) is 2.48. The van der Waals surface area contributed by atoms with Gasteiger partial charge in [-0.25, -0.2) is 0 Å². The molecule has 0 saturated heterocycles. The van der Waals surface area contributed by atoms with Crippen LogP contribution in [0.1, 0.15) is 25.5 Å². The van der Waals surface area contributed by atoms with Crippen LogP contribution in [0.2, 0.25) is 5.02 Å². The molecule has 1 N–H and O–H groups in total. The van der Waals surface area contributed by atoms with Crippen LogP contribution in [0.25, 0.3) is 0 Å². The molecular formula is C17H20ClNOS. The summed E-state index contributed by atoms with van der Waals surface area (Å²) in [5, 5.41) is 4.09. The third-order valence-corrected chi connectivity index (χ3v) is 4.35. The quantitative estimate of drug-likeness (QED) is 0.707. The van der Waals surface area contributed by atoms with Crippen LogP contribution in [0, 0.1) is 0 Å². The fraction of sp³-hybridized carbons (Fsp3) is 0.294. The van der Waals surface area contributed by atoms with Crippen LogP contribution >= 0.6 is 23.4 Å². The highest BCUT2D eigenvalue weighted by Gasteiger charge is 2.10. The number of thioether (sulfide) groups is 1. The maximum atomic E-state index is 6.37. The minimum Gasteiger partial charge on any atom is -0.456 e. The summed E-state index contributed by atoms with van der Waals surface area (Å²) in [6.07, 6.45) is 2.04. The molecule has 2 aromatic rings. The molecule has 0 aromatic heterocycles. The monoisotopic (exact) mass is 321 g/mol. The number of benzene rings is 2. The van der Waals surface area contributed by atoms with E-state index >= 15 is 0 Å². The summed E-state index contributed by atoms with van der Waals surface area (Å²) in [5.41, 5.74) is 1.09. The highest BCUT2D eigenvalue weighted by molar-refractivity contribution is 7.98. The molecule has 0 bridgehead atoms. The molecule has 0 fully saturated rings. The van der Waals surface area contributed by atoms with Crippen molar-refractivity contribution in [3.8, 4) is 11.5 Å². The molecule has 2 nitrogen and oxygen atoms in total. The van der Waals surface area contributed by atoms with Crippen molar-refractivity contribution in [2.45, 2.75) is 24.8 Å². The van der Waals surface area contributed by atoms with Gasteiger partial charge in [-0.2, -0.15) is 0 Å². The van der Waals surface area contributed by atoms with Crippen LogP contribution in [0.15, 0.2) is 47.4 Å². The number of hydrogen-bond donors (Lipinski definition) is 1. The summed E-state index contributed by atoms with van der Waals surface area (Å²) in [4.78, 5) is 1.11. The molecule has 0 aliphatic carbocycles. The topological polar surface area (TPSA) is 21.3 Å². The van der Waals surface area contributed by atoms with E-state index in [1.54, 1.807) is 11.8 Å². The Kier molecular flexibility index (Phi) is 5.97. The van der Waals surface area contributed by atoms with Crippen molar-refractivity contribution in [2.75, 3.05) is 12.8 Å². The Morgan fingerprint density at radius 2 is 2.00 bits per heavy atom. The van der Waals surface area contributed by atoms with Gasteiger partial charge >= 0.3 is 0 Å². The number of hydrogen-bond acceptors (Lipinski definition) is 3. The first-order valence-corrected chi connectivity index (χ1v) is 8.59. The molecule has 0 aliphatic heterocycles. The number of nitrogens with one attached hydrogen (secondary N) is 1. The van der Waals surface area contributed by atoms with E-state index < -0.39 is 0 Å². The molecule has 0 radical (unpaired) electrons. The van der Waals surface area contributed by atoms with Gasteiger partial charge in [-0.3, -0.25) is 0 Å². The first-order valence-electron chi connectivity index (χ1n) is 6.99. The van der Waals surface area contributed by atoms with Crippen LogP contribution in [0.3, 0.4) is 0 Å². The summed E-state index contributed by atoms with van der Waals surface area (Å²) in [5.74, 6) is 1.61. The van der Waals surface area contributed by atoms with Gasteiger partial charge in [0.25, 0.3) is 0 Å². The lowest BCUT2D eigenvalue weighted by Gasteiger charge is -2.16. The molecule has 0 saturated carbocycles. The Hall–Kier alpha value is -1.16. The number of para-hydroxylation sites is 1. The zero-order valence-electron chi connectivity index (χ0n) is 12.5. The van der Waals surface area contributed by atoms with E-state index in [1.807, 2.05) is 48.7 Å². The smallest absolute Gasteiger partial charge is 0.140 e. The highest BCUT2D eigenvalue weighted by Crippen LogP contribution is 2.34. The van der Waals surface area contributed by atoms with E-state index in [0.29, 0.717) is 0 Å². The van der Waals surface area contributed by atoms with Crippen molar-refractivity contribution < 1.29 is 4.74 Å². The third-order valence-electron chi connectivity index (χ3n) is 3.25. The number of ether oxygens (including phenoxy) is 1. The maximum absolute atomic E-state index is 6.37. The molecule has 1 unspecified atom stereocenters. The van der Waals surface area contributed by atoms with Gasteiger partial charge in [-0.1, -0.05) is 36.7 Å². The molecule has 0 spiro atoms. The van der Waals surface area contributed by atoms with Crippen LogP contribution in [-0.4, -0.2) is 12.8 Å². The molecule has 2 aromatic carbocycles. The van der Waals surface area contributed by atoms with Gasteiger partial charge in [-0.15, -0.1) is 11.8 Å².